The lowest BCUT2D eigenvalue weighted by molar-refractivity contribution is 0.105. The van der Waals surface area contributed by atoms with Crippen molar-refractivity contribution < 1.29 is 28.8 Å². The van der Waals surface area contributed by atoms with Gasteiger partial charge in [0.05, 0.1) is 26.9 Å². The number of benzene rings is 2. The number of phenolic OH excluding ortho intramolecular Hbond substituents is 2. The van der Waals surface area contributed by atoms with E-state index in [0.29, 0.717) is 29.2 Å². The average molecular weight is 539 g/mol. The van der Waals surface area contributed by atoms with Crippen molar-refractivity contribution in [3.05, 3.63) is 40.1 Å². The summed E-state index contributed by atoms with van der Waals surface area (Å²) >= 11 is 0. The maximum absolute atomic E-state index is 13.3. The van der Waals surface area contributed by atoms with Crippen LogP contribution >= 0.6 is 0 Å². The fourth-order valence-electron chi connectivity index (χ4n) is 5.96. The van der Waals surface area contributed by atoms with Crippen LogP contribution in [0.15, 0.2) is 33.5 Å². The zero-order valence-corrected chi connectivity index (χ0v) is 23.0. The summed E-state index contributed by atoms with van der Waals surface area (Å²) in [6, 6.07) is 6.54. The fourth-order valence-corrected chi connectivity index (χ4v) is 5.96. The Morgan fingerprint density at radius 1 is 0.872 bits per heavy atom. The van der Waals surface area contributed by atoms with Gasteiger partial charge in [-0.15, -0.1) is 0 Å². The molecule has 2 heterocycles. The van der Waals surface area contributed by atoms with Crippen molar-refractivity contribution in [3.8, 4) is 40.1 Å². The van der Waals surface area contributed by atoms with Crippen LogP contribution in [-0.4, -0.2) is 74.1 Å². The predicted octanol–water partition coefficient (Wildman–Crippen LogP) is 4.59. The van der Waals surface area contributed by atoms with Gasteiger partial charge >= 0.3 is 0 Å². The van der Waals surface area contributed by atoms with Crippen LogP contribution in [0.4, 0.5) is 0 Å². The van der Waals surface area contributed by atoms with E-state index < -0.39 is 11.2 Å². The number of ether oxygens (including phenoxy) is 3. The molecular formula is C30H38N2O7. The van der Waals surface area contributed by atoms with Crippen molar-refractivity contribution in [2.75, 3.05) is 54.1 Å². The number of phenols is 2. The summed E-state index contributed by atoms with van der Waals surface area (Å²) < 4.78 is 22.3. The van der Waals surface area contributed by atoms with E-state index in [0.717, 1.165) is 38.6 Å². The van der Waals surface area contributed by atoms with Gasteiger partial charge in [0.2, 0.25) is 5.75 Å². The molecule has 9 nitrogen and oxygen atoms in total. The highest BCUT2D eigenvalue weighted by atomic mass is 16.5. The third-order valence-corrected chi connectivity index (χ3v) is 8.13. The van der Waals surface area contributed by atoms with Crippen LogP contribution in [0.5, 0.6) is 28.7 Å². The Morgan fingerprint density at radius 2 is 1.56 bits per heavy atom. The smallest absolute Gasteiger partial charge is 0.204 e. The number of hydrogen-bond acceptors (Lipinski definition) is 9. The summed E-state index contributed by atoms with van der Waals surface area (Å²) in [6.07, 6.45) is 6.71. The Hall–Kier alpha value is -3.43. The Morgan fingerprint density at radius 3 is 2.23 bits per heavy atom. The number of hydrogen-bond donors (Lipinski definition) is 2. The molecule has 0 amide bonds. The molecule has 39 heavy (non-hydrogen) atoms. The van der Waals surface area contributed by atoms with Crippen LogP contribution in [0.1, 0.15) is 37.7 Å². The minimum atomic E-state index is -0.435. The van der Waals surface area contributed by atoms with Crippen molar-refractivity contribution >= 4 is 11.0 Å². The number of piperazine rings is 1. The van der Waals surface area contributed by atoms with E-state index in [2.05, 4.69) is 9.80 Å². The Kier molecular flexibility index (Phi) is 8.18. The second-order valence-corrected chi connectivity index (χ2v) is 10.5. The highest BCUT2D eigenvalue weighted by molar-refractivity contribution is 5.92. The molecule has 2 aromatic carbocycles. The highest BCUT2D eigenvalue weighted by Crippen LogP contribution is 2.46. The second-order valence-electron chi connectivity index (χ2n) is 10.5. The summed E-state index contributed by atoms with van der Waals surface area (Å²) in [5.74, 6) is 1.34. The molecular weight excluding hydrogens is 500 g/mol. The quantitative estimate of drug-likeness (QED) is 0.426. The molecule has 0 bridgehead atoms. The third kappa shape index (κ3) is 5.51. The third-order valence-electron chi connectivity index (χ3n) is 8.13. The molecule has 0 spiro atoms. The Bertz CT molecular complexity index is 1370. The lowest BCUT2D eigenvalue weighted by Crippen LogP contribution is -2.47. The number of rotatable bonds is 8. The molecule has 1 saturated heterocycles. The van der Waals surface area contributed by atoms with Crippen LogP contribution < -0.4 is 19.6 Å². The number of nitrogens with zero attached hydrogens (tertiary/aromatic N) is 2. The standard InChI is InChI=1S/C30H38N2O7/c1-36-23-10-9-20(15-25(23)37-2)24-16-22(33)26-28(35)30(38-3)27(34)21(29(26)39-24)18-32-13-11-31(12-14-32)17-19-7-5-4-6-8-19/h9-10,15-16,19,34-35H,4-8,11-14,17-18H2,1-3H3. The lowest BCUT2D eigenvalue weighted by atomic mass is 9.89. The van der Waals surface area contributed by atoms with Crippen molar-refractivity contribution in [1.82, 2.24) is 9.80 Å². The van der Waals surface area contributed by atoms with Crippen LogP contribution in [-0.2, 0) is 6.54 Å². The molecule has 9 heteroatoms. The first-order valence-corrected chi connectivity index (χ1v) is 13.7. The van der Waals surface area contributed by atoms with Gasteiger partial charge < -0.3 is 33.7 Å². The molecule has 0 unspecified atom stereocenters. The van der Waals surface area contributed by atoms with Crippen molar-refractivity contribution in [1.29, 1.82) is 0 Å². The zero-order chi connectivity index (χ0) is 27.5. The predicted molar refractivity (Wildman–Crippen MR) is 149 cm³/mol. The molecule has 2 aliphatic rings. The van der Waals surface area contributed by atoms with E-state index in [-0.39, 0.29) is 28.2 Å². The van der Waals surface area contributed by atoms with Gasteiger partial charge in [-0.3, -0.25) is 9.69 Å². The first-order chi connectivity index (χ1) is 18.9. The van der Waals surface area contributed by atoms with E-state index >= 15 is 0 Å². The second kappa shape index (κ2) is 11.8. The van der Waals surface area contributed by atoms with E-state index in [4.69, 9.17) is 18.6 Å². The van der Waals surface area contributed by atoms with Gasteiger partial charge in [0.25, 0.3) is 0 Å². The molecule has 5 rings (SSSR count). The van der Waals surface area contributed by atoms with Gasteiger partial charge in [0.15, 0.2) is 34.0 Å². The van der Waals surface area contributed by atoms with Gasteiger partial charge in [-0.25, -0.2) is 0 Å². The van der Waals surface area contributed by atoms with E-state index in [1.807, 2.05) is 0 Å². The van der Waals surface area contributed by atoms with E-state index in [1.54, 1.807) is 25.3 Å². The van der Waals surface area contributed by atoms with Gasteiger partial charge in [-0.05, 0) is 37.0 Å². The van der Waals surface area contributed by atoms with Crippen LogP contribution in [0.2, 0.25) is 0 Å². The summed E-state index contributed by atoms with van der Waals surface area (Å²) in [6.45, 7) is 5.07. The molecule has 210 valence electrons. The van der Waals surface area contributed by atoms with E-state index in [1.165, 1.54) is 52.4 Å². The van der Waals surface area contributed by atoms with Gasteiger partial charge in [0, 0.05) is 50.9 Å². The molecule has 0 radical (unpaired) electrons. The largest absolute Gasteiger partial charge is 0.504 e. The van der Waals surface area contributed by atoms with Gasteiger partial charge in [0.1, 0.15) is 11.1 Å². The average Bonchev–Trinajstić information content (AvgIpc) is 2.96. The molecule has 1 aliphatic carbocycles. The van der Waals surface area contributed by atoms with E-state index in [9.17, 15) is 15.0 Å². The minimum Gasteiger partial charge on any atom is -0.504 e. The van der Waals surface area contributed by atoms with Gasteiger partial charge in [-0.2, -0.15) is 0 Å². The molecule has 0 atom stereocenters. The molecule has 2 N–H and O–H groups in total. The topological polar surface area (TPSA) is 105 Å². The first-order valence-electron chi connectivity index (χ1n) is 13.7. The SMILES string of the molecule is COc1ccc(-c2cc(=O)c3c(O)c(OC)c(O)c(CN4CCN(CC5CCCCC5)CC4)c3o2)cc1OC. The number of aromatic hydroxyl groups is 2. The number of fused-ring (bicyclic) bond motifs is 1. The molecule has 3 aromatic rings. The molecule has 1 saturated carbocycles. The monoisotopic (exact) mass is 538 g/mol. The summed E-state index contributed by atoms with van der Waals surface area (Å²) in [7, 11) is 4.44. The van der Waals surface area contributed by atoms with Crippen molar-refractivity contribution in [2.24, 2.45) is 5.92 Å². The lowest BCUT2D eigenvalue weighted by Gasteiger charge is -2.37. The Labute approximate surface area is 228 Å². The van der Waals surface area contributed by atoms with Crippen molar-refractivity contribution in [2.45, 2.75) is 38.6 Å². The van der Waals surface area contributed by atoms with Crippen LogP contribution in [0.3, 0.4) is 0 Å². The first kappa shape index (κ1) is 27.1. The molecule has 1 aromatic heterocycles. The minimum absolute atomic E-state index is 0.0141. The summed E-state index contributed by atoms with van der Waals surface area (Å²) in [5, 5.41) is 22.0. The van der Waals surface area contributed by atoms with Crippen LogP contribution in [0, 0.1) is 5.92 Å². The maximum atomic E-state index is 13.3. The maximum Gasteiger partial charge on any atom is 0.204 e. The molecule has 1 aliphatic heterocycles. The van der Waals surface area contributed by atoms with Gasteiger partial charge in [-0.1, -0.05) is 19.3 Å². The zero-order valence-electron chi connectivity index (χ0n) is 23.0. The highest BCUT2D eigenvalue weighted by Gasteiger charge is 2.28. The summed E-state index contributed by atoms with van der Waals surface area (Å²) in [5.41, 5.74) is 0.728. The number of methoxy groups -OCH3 is 3. The normalized spacial score (nSPS) is 17.4. The van der Waals surface area contributed by atoms with Crippen molar-refractivity contribution in [3.63, 3.8) is 0 Å². The fraction of sp³-hybridized carbons (Fsp3) is 0.500. The Balaban J connectivity index is 1.47. The van der Waals surface area contributed by atoms with Crippen LogP contribution in [0.25, 0.3) is 22.3 Å². The summed E-state index contributed by atoms with van der Waals surface area (Å²) in [4.78, 5) is 18.1. The molecule has 2 fully saturated rings.